The number of hydrogen-bond donors (Lipinski definition) is 1. The molecule has 1 unspecified atom stereocenters. The van der Waals surface area contributed by atoms with Gasteiger partial charge in [0.2, 0.25) is 5.82 Å². The Balaban J connectivity index is 1.67. The monoisotopic (exact) mass is 518 g/mol. The van der Waals surface area contributed by atoms with Crippen LogP contribution in [0.3, 0.4) is 0 Å². The van der Waals surface area contributed by atoms with Crippen LogP contribution in [0.2, 0.25) is 0 Å². The number of benzene rings is 2. The molecular weight excluding hydrogens is 484 g/mol. The van der Waals surface area contributed by atoms with E-state index in [0.717, 1.165) is 36.0 Å². The molecule has 1 heterocycles. The zero-order chi connectivity index (χ0) is 27.4. The molecule has 4 rings (SSSR count). The van der Waals surface area contributed by atoms with Gasteiger partial charge in [-0.1, -0.05) is 23.4 Å². The van der Waals surface area contributed by atoms with E-state index < -0.39 is 11.7 Å². The van der Waals surface area contributed by atoms with Crippen molar-refractivity contribution in [1.29, 1.82) is 5.26 Å². The average molecular weight is 519 g/mol. The number of carbonyl (C=O) groups is 1. The molecule has 0 saturated heterocycles. The molecule has 3 aromatic rings. The molecule has 9 nitrogen and oxygen atoms in total. The number of amides is 1. The molecule has 0 spiro atoms. The molecule has 1 aliphatic rings. The van der Waals surface area contributed by atoms with Gasteiger partial charge in [0, 0.05) is 17.7 Å². The van der Waals surface area contributed by atoms with Gasteiger partial charge in [-0.3, -0.25) is 4.90 Å². The number of carbonyl (C=O) groups excluding carboxylic acids is 1. The summed E-state index contributed by atoms with van der Waals surface area (Å²) in [5.74, 6) is 1.24. The topological polar surface area (TPSA) is 122 Å². The van der Waals surface area contributed by atoms with Crippen molar-refractivity contribution in [2.75, 3.05) is 13.2 Å². The van der Waals surface area contributed by atoms with Crippen LogP contribution in [0.15, 0.2) is 40.9 Å². The minimum Gasteiger partial charge on any atom is -0.490 e. The lowest BCUT2D eigenvalue weighted by atomic mass is 9.84. The van der Waals surface area contributed by atoms with Crippen molar-refractivity contribution in [2.45, 2.75) is 71.6 Å². The quantitative estimate of drug-likeness (QED) is 0.425. The molecule has 1 amide bonds. The third-order valence-electron chi connectivity index (χ3n) is 6.20. The smallest absolute Gasteiger partial charge is 0.410 e. The molecule has 0 saturated carbocycles. The van der Waals surface area contributed by atoms with E-state index >= 15 is 0 Å². The second-order valence-corrected chi connectivity index (χ2v) is 10.6. The number of hydrogen-bond acceptors (Lipinski definition) is 8. The molecule has 0 fully saturated rings. The first kappa shape index (κ1) is 27.1. The van der Waals surface area contributed by atoms with Crippen LogP contribution in [0.4, 0.5) is 4.79 Å². The number of nitrogens with zero attached hydrogens (tertiary/aromatic N) is 4. The molecule has 2 aromatic carbocycles. The van der Waals surface area contributed by atoms with E-state index in [4.69, 9.17) is 14.0 Å². The fourth-order valence-electron chi connectivity index (χ4n) is 4.72. The first-order chi connectivity index (χ1) is 18.1. The number of aliphatic hydroxyl groups is 1. The Morgan fingerprint density at radius 3 is 2.76 bits per heavy atom. The van der Waals surface area contributed by atoms with Crippen LogP contribution in [0.5, 0.6) is 5.75 Å². The fourth-order valence-corrected chi connectivity index (χ4v) is 4.72. The molecule has 0 radical (unpaired) electrons. The van der Waals surface area contributed by atoms with Gasteiger partial charge >= 0.3 is 6.09 Å². The molecule has 200 valence electrons. The molecular formula is C29H34N4O5. The van der Waals surface area contributed by atoms with Crippen LogP contribution < -0.4 is 4.74 Å². The molecule has 0 aliphatic heterocycles. The minimum absolute atomic E-state index is 0.0559. The molecule has 9 heteroatoms. The summed E-state index contributed by atoms with van der Waals surface area (Å²) in [7, 11) is 0. The highest BCUT2D eigenvalue weighted by Gasteiger charge is 2.33. The summed E-state index contributed by atoms with van der Waals surface area (Å²) in [5.41, 5.74) is 3.23. The van der Waals surface area contributed by atoms with Gasteiger partial charge in [-0.25, -0.2) is 4.79 Å². The number of fused-ring (bicyclic) bond motifs is 1. The van der Waals surface area contributed by atoms with Crippen LogP contribution in [-0.2, 0) is 11.2 Å². The highest BCUT2D eigenvalue weighted by molar-refractivity contribution is 5.71. The fraction of sp³-hybridized carbons (Fsp3) is 0.448. The van der Waals surface area contributed by atoms with Crippen LogP contribution in [0.25, 0.3) is 22.8 Å². The van der Waals surface area contributed by atoms with E-state index in [1.54, 1.807) is 23.1 Å². The average Bonchev–Trinajstić information content (AvgIpc) is 3.35. The zero-order valence-corrected chi connectivity index (χ0v) is 22.5. The predicted molar refractivity (Wildman–Crippen MR) is 141 cm³/mol. The summed E-state index contributed by atoms with van der Waals surface area (Å²) in [5, 5.41) is 23.5. The number of ether oxygens (including phenoxy) is 2. The SMILES string of the molecule is CC(C)Oc1ccc(-c2nc(-c3cccc4c3CCCC4N(CCO)C(=O)OC(C)(C)C)no2)cc1C#N. The van der Waals surface area contributed by atoms with Crippen molar-refractivity contribution < 1.29 is 23.9 Å². The lowest BCUT2D eigenvalue weighted by Crippen LogP contribution is -2.42. The summed E-state index contributed by atoms with van der Waals surface area (Å²) in [6, 6.07) is 13.0. The Bertz CT molecular complexity index is 1340. The molecule has 0 bridgehead atoms. The van der Waals surface area contributed by atoms with Crippen LogP contribution in [0, 0.1) is 11.3 Å². The molecule has 38 heavy (non-hydrogen) atoms. The Labute approximate surface area is 223 Å². The predicted octanol–water partition coefficient (Wildman–Crippen LogP) is 5.67. The number of nitriles is 1. The largest absolute Gasteiger partial charge is 0.490 e. The van der Waals surface area contributed by atoms with Gasteiger partial charge in [0.25, 0.3) is 5.89 Å². The lowest BCUT2D eigenvalue weighted by Gasteiger charge is -2.37. The van der Waals surface area contributed by atoms with Gasteiger partial charge in [-0.05, 0) is 83.2 Å². The Morgan fingerprint density at radius 1 is 1.29 bits per heavy atom. The third-order valence-corrected chi connectivity index (χ3v) is 6.20. The van der Waals surface area contributed by atoms with Gasteiger partial charge in [0.1, 0.15) is 17.4 Å². The maximum Gasteiger partial charge on any atom is 0.410 e. The van der Waals surface area contributed by atoms with E-state index in [-0.39, 0.29) is 25.3 Å². The van der Waals surface area contributed by atoms with Crippen LogP contribution in [0.1, 0.15) is 70.2 Å². The first-order valence-corrected chi connectivity index (χ1v) is 12.9. The molecule has 1 atom stereocenters. The van der Waals surface area contributed by atoms with Crippen molar-refractivity contribution in [3.8, 4) is 34.7 Å². The lowest BCUT2D eigenvalue weighted by molar-refractivity contribution is 0.0101. The van der Waals surface area contributed by atoms with Crippen LogP contribution in [-0.4, -0.2) is 51.1 Å². The van der Waals surface area contributed by atoms with Gasteiger partial charge in [0.15, 0.2) is 0 Å². The summed E-state index contributed by atoms with van der Waals surface area (Å²) in [6.07, 6.45) is 1.91. The summed E-state index contributed by atoms with van der Waals surface area (Å²) < 4.78 is 16.9. The highest BCUT2D eigenvalue weighted by atomic mass is 16.6. The second kappa shape index (κ2) is 11.2. The molecule has 1 N–H and O–H groups in total. The Morgan fingerprint density at radius 2 is 2.08 bits per heavy atom. The van der Waals surface area contributed by atoms with E-state index in [2.05, 4.69) is 16.2 Å². The zero-order valence-electron chi connectivity index (χ0n) is 22.5. The van der Waals surface area contributed by atoms with E-state index in [9.17, 15) is 15.2 Å². The van der Waals surface area contributed by atoms with Gasteiger partial charge in [0.05, 0.1) is 24.3 Å². The van der Waals surface area contributed by atoms with Gasteiger partial charge in [-0.2, -0.15) is 10.2 Å². The van der Waals surface area contributed by atoms with E-state index in [0.29, 0.717) is 28.6 Å². The minimum atomic E-state index is -0.643. The van der Waals surface area contributed by atoms with Crippen molar-refractivity contribution in [2.24, 2.45) is 0 Å². The Hall–Kier alpha value is -3.90. The van der Waals surface area contributed by atoms with Gasteiger partial charge in [-0.15, -0.1) is 0 Å². The maximum absolute atomic E-state index is 13.0. The summed E-state index contributed by atoms with van der Waals surface area (Å²) >= 11 is 0. The molecule has 1 aliphatic carbocycles. The summed E-state index contributed by atoms with van der Waals surface area (Å²) in [4.78, 5) is 19.3. The number of rotatable bonds is 7. The van der Waals surface area contributed by atoms with Crippen molar-refractivity contribution in [3.63, 3.8) is 0 Å². The van der Waals surface area contributed by atoms with E-state index in [1.165, 1.54) is 0 Å². The highest BCUT2D eigenvalue weighted by Crippen LogP contribution is 2.39. The molecule has 1 aromatic heterocycles. The second-order valence-electron chi connectivity index (χ2n) is 10.6. The number of aromatic nitrogens is 2. The van der Waals surface area contributed by atoms with Crippen LogP contribution >= 0.6 is 0 Å². The Kier molecular flexibility index (Phi) is 8.02. The third kappa shape index (κ3) is 5.97. The van der Waals surface area contributed by atoms with Crippen molar-refractivity contribution in [1.82, 2.24) is 15.0 Å². The van der Waals surface area contributed by atoms with Crippen molar-refractivity contribution in [3.05, 3.63) is 53.1 Å². The summed E-state index contributed by atoms with van der Waals surface area (Å²) in [6.45, 7) is 9.30. The maximum atomic E-state index is 13.0. The van der Waals surface area contributed by atoms with E-state index in [1.807, 2.05) is 52.8 Å². The number of aliphatic hydroxyl groups excluding tert-OH is 1. The first-order valence-electron chi connectivity index (χ1n) is 12.9. The van der Waals surface area contributed by atoms with Crippen molar-refractivity contribution >= 4 is 6.09 Å². The standard InChI is InChI=1S/C29H34N4O5/c1-18(2)36-25-13-12-19(16-20(25)17-30)27-31-26(32-38-27)23-10-6-9-22-21(23)8-7-11-24(22)33(14-15-34)28(35)37-29(3,4)5/h6,9-10,12-13,16,18,24,34H,7-8,11,14-15H2,1-5H3. The van der Waals surface area contributed by atoms with Gasteiger partial charge < -0.3 is 19.1 Å². The normalized spacial score (nSPS) is 15.1.